The number of piperidine rings is 1. The molecule has 1 aliphatic heterocycles. The van der Waals surface area contributed by atoms with Gasteiger partial charge >= 0.3 is 11.8 Å². The quantitative estimate of drug-likeness (QED) is 0.810. The fourth-order valence-electron chi connectivity index (χ4n) is 2.39. The van der Waals surface area contributed by atoms with E-state index >= 15 is 0 Å². The maximum Gasteiger partial charge on any atom is 0.313 e. The number of carbonyl (C=O) groups is 2. The van der Waals surface area contributed by atoms with Gasteiger partial charge in [0.15, 0.2) is 0 Å². The molecule has 1 N–H and O–H groups in total. The zero-order valence-electron chi connectivity index (χ0n) is 11.8. The van der Waals surface area contributed by atoms with Crippen LogP contribution in [0.4, 0.5) is 5.69 Å². The van der Waals surface area contributed by atoms with Crippen molar-refractivity contribution < 1.29 is 9.59 Å². The van der Waals surface area contributed by atoms with Crippen LogP contribution >= 0.6 is 11.6 Å². The molecule has 0 bridgehead atoms. The van der Waals surface area contributed by atoms with E-state index in [1.807, 2.05) is 19.9 Å². The van der Waals surface area contributed by atoms with Crippen molar-refractivity contribution in [1.82, 2.24) is 4.90 Å². The average Bonchev–Trinajstić information content (AvgIpc) is 2.42. The number of likely N-dealkylation sites (tertiary alicyclic amines) is 1. The Balaban J connectivity index is 2.03. The predicted molar refractivity (Wildman–Crippen MR) is 79.8 cm³/mol. The molecule has 1 fully saturated rings. The van der Waals surface area contributed by atoms with E-state index in [1.165, 1.54) is 0 Å². The van der Waals surface area contributed by atoms with Gasteiger partial charge in [-0.15, -0.1) is 0 Å². The van der Waals surface area contributed by atoms with E-state index in [0.717, 1.165) is 24.8 Å². The lowest BCUT2D eigenvalue weighted by molar-refractivity contribution is -0.145. The smallest absolute Gasteiger partial charge is 0.313 e. The van der Waals surface area contributed by atoms with Crippen LogP contribution in [0.1, 0.15) is 31.7 Å². The number of carbonyl (C=O) groups excluding carboxylic acids is 2. The van der Waals surface area contributed by atoms with Crippen molar-refractivity contribution in [3.05, 3.63) is 28.8 Å². The molecule has 0 aliphatic carbocycles. The maximum absolute atomic E-state index is 12.1. The summed E-state index contributed by atoms with van der Waals surface area (Å²) in [6, 6.07) is 5.34. The fourth-order valence-corrected chi connectivity index (χ4v) is 2.57. The number of anilines is 1. The summed E-state index contributed by atoms with van der Waals surface area (Å²) in [4.78, 5) is 25.8. The molecule has 108 valence electrons. The van der Waals surface area contributed by atoms with Crippen LogP contribution in [0, 0.1) is 6.92 Å². The first-order valence-electron chi connectivity index (χ1n) is 6.87. The lowest BCUT2D eigenvalue weighted by Crippen LogP contribution is -2.47. The number of hydrogen-bond donors (Lipinski definition) is 1. The van der Waals surface area contributed by atoms with E-state index in [2.05, 4.69) is 5.32 Å². The molecule has 0 aromatic heterocycles. The standard InChI is InChI=1S/C15H19ClN2O2/c1-10-6-7-12(9-13(10)16)17-14(19)15(20)18-8-4-3-5-11(18)2/h6-7,9,11H,3-5,8H2,1-2H3,(H,17,19). The second kappa shape index (κ2) is 6.27. The van der Waals surface area contributed by atoms with E-state index in [9.17, 15) is 9.59 Å². The van der Waals surface area contributed by atoms with Gasteiger partial charge in [0.1, 0.15) is 0 Å². The molecule has 1 aromatic carbocycles. The van der Waals surface area contributed by atoms with Crippen molar-refractivity contribution in [2.75, 3.05) is 11.9 Å². The van der Waals surface area contributed by atoms with Crippen LogP contribution in [-0.4, -0.2) is 29.3 Å². The summed E-state index contributed by atoms with van der Waals surface area (Å²) in [6.45, 7) is 4.52. The topological polar surface area (TPSA) is 49.4 Å². The molecule has 0 saturated carbocycles. The molecule has 20 heavy (non-hydrogen) atoms. The molecule has 2 amide bonds. The fraction of sp³-hybridized carbons (Fsp3) is 0.467. The van der Waals surface area contributed by atoms with E-state index in [0.29, 0.717) is 17.3 Å². The minimum absolute atomic E-state index is 0.128. The van der Waals surface area contributed by atoms with Gasteiger partial charge in [-0.25, -0.2) is 0 Å². The highest BCUT2D eigenvalue weighted by atomic mass is 35.5. The highest BCUT2D eigenvalue weighted by Crippen LogP contribution is 2.21. The summed E-state index contributed by atoms with van der Waals surface area (Å²) < 4.78 is 0. The van der Waals surface area contributed by atoms with Crippen LogP contribution in [0.3, 0.4) is 0 Å². The normalized spacial score (nSPS) is 18.8. The van der Waals surface area contributed by atoms with Crippen molar-refractivity contribution >= 4 is 29.1 Å². The van der Waals surface area contributed by atoms with Gasteiger partial charge in [0.05, 0.1) is 0 Å². The molecule has 1 atom stereocenters. The number of nitrogens with zero attached hydrogens (tertiary/aromatic N) is 1. The largest absolute Gasteiger partial charge is 0.332 e. The Morgan fingerprint density at radius 3 is 2.75 bits per heavy atom. The zero-order chi connectivity index (χ0) is 14.7. The highest BCUT2D eigenvalue weighted by molar-refractivity contribution is 6.39. The summed E-state index contributed by atoms with van der Waals surface area (Å²) in [5, 5.41) is 3.18. The zero-order valence-corrected chi connectivity index (χ0v) is 12.5. The first-order valence-corrected chi connectivity index (χ1v) is 7.25. The number of amides is 2. The molecule has 1 heterocycles. The van der Waals surface area contributed by atoms with Crippen molar-refractivity contribution in [3.63, 3.8) is 0 Å². The van der Waals surface area contributed by atoms with Crippen LogP contribution in [0.5, 0.6) is 0 Å². The third-order valence-electron chi connectivity index (χ3n) is 3.69. The first-order chi connectivity index (χ1) is 9.49. The summed E-state index contributed by atoms with van der Waals surface area (Å²) >= 11 is 6.00. The van der Waals surface area contributed by atoms with Crippen molar-refractivity contribution in [2.45, 2.75) is 39.2 Å². The summed E-state index contributed by atoms with van der Waals surface area (Å²) in [7, 11) is 0. The summed E-state index contributed by atoms with van der Waals surface area (Å²) in [5.41, 5.74) is 1.48. The number of halogens is 1. The van der Waals surface area contributed by atoms with Gasteiger partial charge in [0.25, 0.3) is 0 Å². The van der Waals surface area contributed by atoms with Crippen molar-refractivity contribution in [3.8, 4) is 0 Å². The van der Waals surface area contributed by atoms with Crippen LogP contribution in [0.15, 0.2) is 18.2 Å². The minimum atomic E-state index is -0.598. The molecular formula is C15H19ClN2O2. The molecule has 0 radical (unpaired) electrons. The Hall–Kier alpha value is -1.55. The second-order valence-electron chi connectivity index (χ2n) is 5.26. The average molecular weight is 295 g/mol. The first kappa shape index (κ1) is 14.9. The van der Waals surface area contributed by atoms with E-state index in [-0.39, 0.29) is 6.04 Å². The second-order valence-corrected chi connectivity index (χ2v) is 5.67. The van der Waals surface area contributed by atoms with E-state index in [1.54, 1.807) is 17.0 Å². The maximum atomic E-state index is 12.1. The number of aryl methyl sites for hydroxylation is 1. The minimum Gasteiger partial charge on any atom is -0.332 e. The molecule has 0 spiro atoms. The van der Waals surface area contributed by atoms with Gasteiger partial charge in [-0.1, -0.05) is 17.7 Å². The lowest BCUT2D eigenvalue weighted by Gasteiger charge is -2.32. The van der Waals surface area contributed by atoms with Gasteiger partial charge in [0.2, 0.25) is 0 Å². The van der Waals surface area contributed by atoms with E-state index in [4.69, 9.17) is 11.6 Å². The molecule has 1 unspecified atom stereocenters. The summed E-state index contributed by atoms with van der Waals surface area (Å²) in [6.07, 6.45) is 3.02. The lowest BCUT2D eigenvalue weighted by atomic mass is 10.0. The van der Waals surface area contributed by atoms with Crippen LogP contribution in [-0.2, 0) is 9.59 Å². The monoisotopic (exact) mass is 294 g/mol. The van der Waals surface area contributed by atoms with Crippen molar-refractivity contribution in [1.29, 1.82) is 0 Å². The summed E-state index contributed by atoms with van der Waals surface area (Å²) in [5.74, 6) is -1.06. The van der Waals surface area contributed by atoms with Crippen LogP contribution in [0.25, 0.3) is 0 Å². The van der Waals surface area contributed by atoms with Gasteiger partial charge < -0.3 is 10.2 Å². The van der Waals surface area contributed by atoms with Gasteiger partial charge in [-0.3, -0.25) is 9.59 Å². The van der Waals surface area contributed by atoms with Gasteiger partial charge in [-0.2, -0.15) is 0 Å². The number of hydrogen-bond acceptors (Lipinski definition) is 2. The number of nitrogens with one attached hydrogen (secondary N) is 1. The Kier molecular flexibility index (Phi) is 4.65. The Labute approximate surface area is 124 Å². The number of benzene rings is 1. The predicted octanol–water partition coefficient (Wildman–Crippen LogP) is 2.99. The van der Waals surface area contributed by atoms with Crippen molar-refractivity contribution in [2.24, 2.45) is 0 Å². The SMILES string of the molecule is Cc1ccc(NC(=O)C(=O)N2CCCCC2C)cc1Cl. The van der Waals surface area contributed by atoms with Crippen LogP contribution < -0.4 is 5.32 Å². The van der Waals surface area contributed by atoms with Gasteiger partial charge in [0, 0.05) is 23.3 Å². The molecule has 4 nitrogen and oxygen atoms in total. The molecule has 1 aliphatic rings. The molecule has 2 rings (SSSR count). The van der Waals surface area contributed by atoms with Crippen LogP contribution in [0.2, 0.25) is 5.02 Å². The van der Waals surface area contributed by atoms with Gasteiger partial charge in [-0.05, 0) is 50.8 Å². The molecular weight excluding hydrogens is 276 g/mol. The van der Waals surface area contributed by atoms with E-state index < -0.39 is 11.8 Å². The Bertz CT molecular complexity index is 531. The Morgan fingerprint density at radius 2 is 2.10 bits per heavy atom. The Morgan fingerprint density at radius 1 is 1.35 bits per heavy atom. The number of rotatable bonds is 1. The molecule has 5 heteroatoms. The highest BCUT2D eigenvalue weighted by Gasteiger charge is 2.28. The third kappa shape index (κ3) is 3.31. The molecule has 1 aromatic rings. The third-order valence-corrected chi connectivity index (χ3v) is 4.09. The molecule has 1 saturated heterocycles.